The molecule has 0 amide bonds. The lowest BCUT2D eigenvalue weighted by molar-refractivity contribution is 0.432. The van der Waals surface area contributed by atoms with Crippen LogP contribution in [0.3, 0.4) is 0 Å². The van der Waals surface area contributed by atoms with Crippen LogP contribution < -0.4 is 4.90 Å². The summed E-state index contributed by atoms with van der Waals surface area (Å²) in [5, 5.41) is 9.09. The van der Waals surface area contributed by atoms with Crippen molar-refractivity contribution in [3.05, 3.63) is 66.2 Å². The zero-order valence-electron chi connectivity index (χ0n) is 18.7. The lowest BCUT2D eigenvalue weighted by atomic mass is 10.0. The van der Waals surface area contributed by atoms with Gasteiger partial charge >= 0.3 is 0 Å². The number of phenols is 1. The van der Waals surface area contributed by atoms with Gasteiger partial charge in [-0.15, -0.1) is 11.8 Å². The first-order valence-electron chi connectivity index (χ1n) is 11.3. The number of halogens is 1. The van der Waals surface area contributed by atoms with Gasteiger partial charge in [0.25, 0.3) is 0 Å². The maximum absolute atomic E-state index is 13.2. The molecule has 2 heterocycles. The number of anilines is 1. The number of phenolic OH excluding ortho intramolecular Hbond substituents is 1. The third-order valence-electron chi connectivity index (χ3n) is 6.48. The van der Waals surface area contributed by atoms with Crippen LogP contribution in [0.4, 0.5) is 10.3 Å². The maximum Gasteiger partial charge on any atom is 0.225 e. The minimum Gasteiger partial charge on any atom is -0.505 e. The van der Waals surface area contributed by atoms with Crippen LogP contribution in [0.2, 0.25) is 0 Å². The quantitative estimate of drug-likeness (QED) is 0.479. The van der Waals surface area contributed by atoms with Crippen molar-refractivity contribution in [2.75, 3.05) is 24.2 Å². The predicted octanol–water partition coefficient (Wildman–Crippen LogP) is 6.20. The first-order valence-corrected chi connectivity index (χ1v) is 12.5. The SMILES string of the molecule is CCc1cnc(N2CC3CCCC3C2)nc1.CSc1ccc(-c2ccc(O)c(F)c2)cc1. The largest absolute Gasteiger partial charge is 0.505 e. The molecule has 1 aliphatic heterocycles. The number of hydrogen-bond acceptors (Lipinski definition) is 5. The molecule has 1 saturated carbocycles. The minimum atomic E-state index is -0.591. The Balaban J connectivity index is 0.000000153. The number of rotatable bonds is 4. The Morgan fingerprint density at radius 1 is 1.00 bits per heavy atom. The van der Waals surface area contributed by atoms with Gasteiger partial charge in [-0.3, -0.25) is 0 Å². The van der Waals surface area contributed by atoms with Gasteiger partial charge in [-0.1, -0.05) is 31.5 Å². The van der Waals surface area contributed by atoms with E-state index >= 15 is 0 Å². The molecule has 5 rings (SSSR count). The Labute approximate surface area is 193 Å². The molecule has 168 valence electrons. The molecule has 2 atom stereocenters. The number of benzene rings is 2. The van der Waals surface area contributed by atoms with E-state index in [0.717, 1.165) is 35.3 Å². The zero-order valence-corrected chi connectivity index (χ0v) is 19.5. The van der Waals surface area contributed by atoms with Crippen molar-refractivity contribution in [2.24, 2.45) is 11.8 Å². The average molecular weight is 452 g/mol. The predicted molar refractivity (Wildman–Crippen MR) is 130 cm³/mol. The second kappa shape index (κ2) is 10.3. The smallest absolute Gasteiger partial charge is 0.225 e. The van der Waals surface area contributed by atoms with Crippen LogP contribution in [0.25, 0.3) is 11.1 Å². The molecule has 1 aliphatic carbocycles. The summed E-state index contributed by atoms with van der Waals surface area (Å²) in [5.74, 6) is 1.85. The summed E-state index contributed by atoms with van der Waals surface area (Å²) < 4.78 is 13.2. The Kier molecular flexibility index (Phi) is 7.30. The van der Waals surface area contributed by atoms with Crippen LogP contribution >= 0.6 is 11.8 Å². The molecule has 1 aromatic heterocycles. The van der Waals surface area contributed by atoms with Gasteiger partial charge in [0.1, 0.15) is 0 Å². The maximum atomic E-state index is 13.2. The first kappa shape index (κ1) is 22.6. The molecule has 2 aliphatic rings. The Hall–Kier alpha value is -2.60. The second-order valence-electron chi connectivity index (χ2n) is 8.50. The Morgan fingerprint density at radius 2 is 1.62 bits per heavy atom. The molecular weight excluding hydrogens is 421 g/mol. The molecule has 3 aromatic rings. The van der Waals surface area contributed by atoms with Gasteiger partial charge in [-0.05, 0) is 78.3 Å². The van der Waals surface area contributed by atoms with Crippen LogP contribution in [0, 0.1) is 17.7 Å². The number of aromatic nitrogens is 2. The van der Waals surface area contributed by atoms with Crippen molar-refractivity contribution < 1.29 is 9.50 Å². The molecule has 0 bridgehead atoms. The summed E-state index contributed by atoms with van der Waals surface area (Å²) in [6.45, 7) is 4.49. The highest BCUT2D eigenvalue weighted by molar-refractivity contribution is 7.98. The highest BCUT2D eigenvalue weighted by Gasteiger charge is 2.36. The number of hydrogen-bond donors (Lipinski definition) is 1. The van der Waals surface area contributed by atoms with Crippen molar-refractivity contribution in [3.8, 4) is 16.9 Å². The minimum absolute atomic E-state index is 0.315. The van der Waals surface area contributed by atoms with E-state index in [1.165, 1.54) is 54.9 Å². The van der Waals surface area contributed by atoms with E-state index in [1.807, 2.05) is 42.9 Å². The van der Waals surface area contributed by atoms with Crippen molar-refractivity contribution in [1.82, 2.24) is 9.97 Å². The van der Waals surface area contributed by atoms with Crippen molar-refractivity contribution in [1.29, 1.82) is 0 Å². The monoisotopic (exact) mass is 451 g/mol. The normalized spacial score (nSPS) is 19.4. The van der Waals surface area contributed by atoms with Crippen molar-refractivity contribution in [2.45, 2.75) is 37.5 Å². The number of aryl methyl sites for hydroxylation is 1. The van der Waals surface area contributed by atoms with Crippen molar-refractivity contribution in [3.63, 3.8) is 0 Å². The molecule has 2 fully saturated rings. The van der Waals surface area contributed by atoms with E-state index in [2.05, 4.69) is 21.8 Å². The molecule has 2 unspecified atom stereocenters. The van der Waals surface area contributed by atoms with Crippen LogP contribution in [0.5, 0.6) is 5.75 Å². The van der Waals surface area contributed by atoms with Gasteiger partial charge in [0, 0.05) is 30.4 Å². The van der Waals surface area contributed by atoms with Crippen LogP contribution in [0.1, 0.15) is 31.7 Å². The molecule has 2 aromatic carbocycles. The van der Waals surface area contributed by atoms with Gasteiger partial charge in [0.15, 0.2) is 11.6 Å². The van der Waals surface area contributed by atoms with Gasteiger partial charge in [0.2, 0.25) is 5.95 Å². The molecule has 1 saturated heterocycles. The fourth-order valence-electron chi connectivity index (χ4n) is 4.56. The summed E-state index contributed by atoms with van der Waals surface area (Å²) in [5.41, 5.74) is 2.93. The number of nitrogens with zero attached hydrogens (tertiary/aromatic N) is 3. The summed E-state index contributed by atoms with van der Waals surface area (Å²) in [4.78, 5) is 12.5. The summed E-state index contributed by atoms with van der Waals surface area (Å²) in [7, 11) is 0. The molecule has 6 heteroatoms. The van der Waals surface area contributed by atoms with Crippen LogP contribution in [-0.4, -0.2) is 34.4 Å². The average Bonchev–Trinajstić information content (AvgIpc) is 3.44. The number of fused-ring (bicyclic) bond motifs is 1. The summed E-state index contributed by atoms with van der Waals surface area (Å²) in [6, 6.07) is 12.3. The molecule has 4 nitrogen and oxygen atoms in total. The standard InChI is InChI=1S/C13H11FOS.C13H19N3/c1-16-11-5-2-9(3-6-11)10-4-7-13(15)12(14)8-10;1-2-10-6-14-13(15-7-10)16-8-11-4-3-5-12(11)9-16/h2-8,15H,1H3;6-7,11-12H,2-5,8-9H2,1H3. The summed E-state index contributed by atoms with van der Waals surface area (Å²) in [6.07, 6.45) is 11.2. The van der Waals surface area contributed by atoms with Gasteiger partial charge in [0.05, 0.1) is 0 Å². The number of aromatic hydroxyl groups is 1. The van der Waals surface area contributed by atoms with E-state index in [1.54, 1.807) is 17.8 Å². The first-order chi connectivity index (χ1) is 15.6. The second-order valence-corrected chi connectivity index (χ2v) is 9.38. The van der Waals surface area contributed by atoms with E-state index in [9.17, 15) is 4.39 Å². The zero-order chi connectivity index (χ0) is 22.5. The summed E-state index contributed by atoms with van der Waals surface area (Å²) >= 11 is 1.66. The molecular formula is C26H30FN3OS. The third kappa shape index (κ3) is 5.23. The molecule has 1 N–H and O–H groups in total. The van der Waals surface area contributed by atoms with Gasteiger partial charge in [-0.25, -0.2) is 14.4 Å². The van der Waals surface area contributed by atoms with E-state index in [4.69, 9.17) is 5.11 Å². The molecule has 0 radical (unpaired) electrons. The van der Waals surface area contributed by atoms with E-state index in [0.29, 0.717) is 0 Å². The van der Waals surface area contributed by atoms with Crippen LogP contribution in [-0.2, 0) is 6.42 Å². The molecule has 0 spiro atoms. The highest BCUT2D eigenvalue weighted by atomic mass is 32.2. The fraction of sp³-hybridized carbons (Fsp3) is 0.385. The highest BCUT2D eigenvalue weighted by Crippen LogP contribution is 2.38. The lowest BCUT2D eigenvalue weighted by Crippen LogP contribution is -2.23. The van der Waals surface area contributed by atoms with E-state index in [-0.39, 0.29) is 5.75 Å². The third-order valence-corrected chi connectivity index (χ3v) is 7.22. The number of thioether (sulfide) groups is 1. The Morgan fingerprint density at radius 3 is 2.19 bits per heavy atom. The topological polar surface area (TPSA) is 49.2 Å². The van der Waals surface area contributed by atoms with Crippen molar-refractivity contribution >= 4 is 17.7 Å². The Bertz CT molecular complexity index is 1010. The fourth-order valence-corrected chi connectivity index (χ4v) is 4.97. The van der Waals surface area contributed by atoms with Gasteiger partial charge in [-0.2, -0.15) is 0 Å². The van der Waals surface area contributed by atoms with Crippen LogP contribution in [0.15, 0.2) is 59.8 Å². The molecule has 32 heavy (non-hydrogen) atoms. The lowest BCUT2D eigenvalue weighted by Gasteiger charge is -2.16. The van der Waals surface area contributed by atoms with Gasteiger partial charge < -0.3 is 10.0 Å². The van der Waals surface area contributed by atoms with E-state index < -0.39 is 5.82 Å².